The molecule has 15 heteroatoms. The Balaban J connectivity index is 1.50. The first-order valence-corrected chi connectivity index (χ1v) is 13.9. The molecule has 2 aromatic rings. The average molecular weight is 611 g/mol. The highest BCUT2D eigenvalue weighted by Gasteiger charge is 2.38. The van der Waals surface area contributed by atoms with Crippen LogP contribution < -0.4 is 15.1 Å². The van der Waals surface area contributed by atoms with E-state index >= 15 is 4.39 Å². The summed E-state index contributed by atoms with van der Waals surface area (Å²) in [6.45, 7) is 2.79. The lowest BCUT2D eigenvalue weighted by Gasteiger charge is -2.27. The number of carbonyl (C=O) groups is 5. The van der Waals surface area contributed by atoms with Crippen LogP contribution in [0.1, 0.15) is 23.5 Å². The number of morpholine rings is 1. The first-order valence-electron chi connectivity index (χ1n) is 12.7. The molecule has 1 aromatic heterocycles. The van der Waals surface area contributed by atoms with E-state index in [0.717, 1.165) is 27.2 Å². The number of carboxylic acids is 1. The highest BCUT2D eigenvalue weighted by atomic mass is 35.5. The molecule has 4 rings (SSSR count). The van der Waals surface area contributed by atoms with E-state index in [9.17, 15) is 29.1 Å². The van der Waals surface area contributed by atoms with Crippen LogP contribution in [0.25, 0.3) is 0 Å². The molecule has 1 aromatic carbocycles. The molecule has 2 aliphatic heterocycles. The van der Waals surface area contributed by atoms with Crippen molar-refractivity contribution in [3.05, 3.63) is 45.4 Å². The third-order valence-electron chi connectivity index (χ3n) is 6.52. The molecule has 2 N–H and O–H groups in total. The van der Waals surface area contributed by atoms with Crippen molar-refractivity contribution in [3.63, 3.8) is 0 Å². The lowest BCUT2D eigenvalue weighted by molar-refractivity contribution is -0.141. The number of aliphatic carboxylic acids is 1. The van der Waals surface area contributed by atoms with Gasteiger partial charge in [-0.05, 0) is 36.2 Å². The summed E-state index contributed by atoms with van der Waals surface area (Å²) in [6, 6.07) is 5.89. The molecule has 0 unspecified atom stereocenters. The fourth-order valence-electron chi connectivity index (χ4n) is 4.45. The number of rotatable bonds is 10. The Labute approximate surface area is 243 Å². The van der Waals surface area contributed by atoms with Gasteiger partial charge in [-0.25, -0.2) is 9.18 Å². The van der Waals surface area contributed by atoms with Crippen LogP contribution in [0, 0.1) is 11.7 Å². The van der Waals surface area contributed by atoms with Crippen LogP contribution >= 0.6 is 22.9 Å². The van der Waals surface area contributed by atoms with Gasteiger partial charge in [-0.1, -0.05) is 25.4 Å². The van der Waals surface area contributed by atoms with Gasteiger partial charge in [0.05, 0.1) is 41.1 Å². The van der Waals surface area contributed by atoms with Crippen molar-refractivity contribution in [2.45, 2.75) is 26.0 Å². The standard InChI is InChI=1S/C26H28ClFN4O8S/c1-14(2)23(25(36)37)29-10-21(33)32(24(35)19-5-6-20(27)41-19)12-16-11-31(26(38)40-16)18-4-3-15(9-17(18)28)30-7-8-39-13-22(30)34/h3-6,9,14,16,23,29H,7-8,10-13H2,1-2H3,(H,36,37)/t16-,23+/m1/s1. The SMILES string of the molecule is CC(C)[C@H](NCC(=O)N(C[C@H]1CN(c2ccc(N3CCOCC3=O)cc2F)C(=O)O1)C(=O)c1ccc(Cl)s1)C(=O)O. The number of nitrogens with zero attached hydrogens (tertiary/aromatic N) is 3. The Kier molecular flexibility index (Phi) is 9.58. The van der Waals surface area contributed by atoms with Gasteiger partial charge < -0.3 is 19.5 Å². The monoisotopic (exact) mass is 610 g/mol. The average Bonchev–Trinajstić information content (AvgIpc) is 3.51. The third-order valence-corrected chi connectivity index (χ3v) is 7.74. The molecule has 0 spiro atoms. The fourth-order valence-corrected chi connectivity index (χ4v) is 5.44. The maximum atomic E-state index is 15.1. The Morgan fingerprint density at radius 1 is 1.22 bits per heavy atom. The number of halogens is 2. The number of cyclic esters (lactones) is 1. The Morgan fingerprint density at radius 3 is 2.59 bits per heavy atom. The number of thiophene rings is 1. The van der Waals surface area contributed by atoms with Crippen LogP contribution in [0.4, 0.5) is 20.6 Å². The topological polar surface area (TPSA) is 146 Å². The molecule has 41 heavy (non-hydrogen) atoms. The summed E-state index contributed by atoms with van der Waals surface area (Å²) in [5.41, 5.74) is 0.216. The molecule has 2 fully saturated rings. The van der Waals surface area contributed by atoms with Gasteiger partial charge in [0, 0.05) is 12.2 Å². The number of imide groups is 1. The van der Waals surface area contributed by atoms with Gasteiger partial charge in [-0.2, -0.15) is 0 Å². The smallest absolute Gasteiger partial charge is 0.414 e. The number of anilines is 2. The molecular weight excluding hydrogens is 583 g/mol. The molecule has 3 heterocycles. The van der Waals surface area contributed by atoms with Crippen molar-refractivity contribution in [2.24, 2.45) is 5.92 Å². The Morgan fingerprint density at radius 2 is 1.98 bits per heavy atom. The van der Waals surface area contributed by atoms with Gasteiger partial charge >= 0.3 is 12.1 Å². The van der Waals surface area contributed by atoms with Gasteiger partial charge in [0.25, 0.3) is 11.8 Å². The van der Waals surface area contributed by atoms with E-state index in [0.29, 0.717) is 16.6 Å². The lowest BCUT2D eigenvalue weighted by atomic mass is 10.1. The minimum Gasteiger partial charge on any atom is -0.480 e. The number of carbonyl (C=O) groups excluding carboxylic acids is 4. The van der Waals surface area contributed by atoms with E-state index in [1.54, 1.807) is 13.8 Å². The number of nitrogens with one attached hydrogen (secondary N) is 1. The summed E-state index contributed by atoms with van der Waals surface area (Å²) in [4.78, 5) is 66.2. The maximum absolute atomic E-state index is 15.1. The first-order chi connectivity index (χ1) is 19.5. The summed E-state index contributed by atoms with van der Waals surface area (Å²) in [5, 5.41) is 12.1. The van der Waals surface area contributed by atoms with Crippen molar-refractivity contribution in [1.82, 2.24) is 10.2 Å². The minimum atomic E-state index is -1.15. The van der Waals surface area contributed by atoms with Crippen LogP contribution in [0.5, 0.6) is 0 Å². The number of hydrogen-bond donors (Lipinski definition) is 2. The molecule has 220 valence electrons. The predicted molar refractivity (Wildman–Crippen MR) is 147 cm³/mol. The molecule has 12 nitrogen and oxygen atoms in total. The van der Waals surface area contributed by atoms with Crippen LogP contribution in [-0.4, -0.2) is 91.3 Å². The summed E-state index contributed by atoms with van der Waals surface area (Å²) in [5.74, 6) is -4.02. The van der Waals surface area contributed by atoms with E-state index in [-0.39, 0.29) is 48.6 Å². The van der Waals surface area contributed by atoms with Gasteiger partial charge in [-0.15, -0.1) is 11.3 Å². The number of benzene rings is 1. The Hall–Kier alpha value is -3.59. The Bertz CT molecular complexity index is 1350. The second kappa shape index (κ2) is 12.9. The van der Waals surface area contributed by atoms with Crippen LogP contribution in [0.3, 0.4) is 0 Å². The molecule has 4 amide bonds. The van der Waals surface area contributed by atoms with Crippen molar-refractivity contribution < 1.29 is 42.9 Å². The molecule has 2 aliphatic rings. The van der Waals surface area contributed by atoms with E-state index in [1.807, 2.05) is 0 Å². The number of hydrogen-bond acceptors (Lipinski definition) is 9. The van der Waals surface area contributed by atoms with E-state index in [4.69, 9.17) is 21.1 Å². The second-order valence-corrected chi connectivity index (χ2v) is 11.4. The predicted octanol–water partition coefficient (Wildman–Crippen LogP) is 2.60. The van der Waals surface area contributed by atoms with Crippen LogP contribution in [0.15, 0.2) is 30.3 Å². The summed E-state index contributed by atoms with van der Waals surface area (Å²) < 4.78 is 25.9. The third kappa shape index (κ3) is 7.01. The highest BCUT2D eigenvalue weighted by molar-refractivity contribution is 7.18. The normalized spacial score (nSPS) is 18.0. The largest absolute Gasteiger partial charge is 0.480 e. The summed E-state index contributed by atoms with van der Waals surface area (Å²) in [7, 11) is 0. The van der Waals surface area contributed by atoms with Crippen molar-refractivity contribution in [1.29, 1.82) is 0 Å². The zero-order chi connectivity index (χ0) is 29.8. The molecule has 2 atom stereocenters. The van der Waals surface area contributed by atoms with Crippen LogP contribution in [0.2, 0.25) is 4.34 Å². The zero-order valence-corrected chi connectivity index (χ0v) is 23.7. The van der Waals surface area contributed by atoms with Gasteiger partial charge in [0.15, 0.2) is 0 Å². The lowest BCUT2D eigenvalue weighted by Crippen LogP contribution is -2.50. The number of amides is 4. The van der Waals surface area contributed by atoms with E-state index in [2.05, 4.69) is 5.32 Å². The minimum absolute atomic E-state index is 0.0981. The first kappa shape index (κ1) is 30.4. The molecule has 0 saturated carbocycles. The number of ether oxygens (including phenoxy) is 2. The molecule has 0 bridgehead atoms. The summed E-state index contributed by atoms with van der Waals surface area (Å²) >= 11 is 6.92. The highest BCUT2D eigenvalue weighted by Crippen LogP contribution is 2.30. The number of carboxylic acid groups (broad SMARTS) is 1. The second-order valence-electron chi connectivity index (χ2n) is 9.70. The summed E-state index contributed by atoms with van der Waals surface area (Å²) in [6.07, 6.45) is -1.89. The van der Waals surface area contributed by atoms with Crippen molar-refractivity contribution >= 4 is 64.1 Å². The fraction of sp³-hybridized carbons (Fsp3) is 0.423. The van der Waals surface area contributed by atoms with E-state index in [1.165, 1.54) is 29.2 Å². The van der Waals surface area contributed by atoms with Gasteiger partial charge in [-0.3, -0.25) is 34.3 Å². The van der Waals surface area contributed by atoms with Crippen molar-refractivity contribution in [2.75, 3.05) is 49.2 Å². The quantitative estimate of drug-likeness (QED) is 0.414. The molecule has 0 aliphatic carbocycles. The molecule has 0 radical (unpaired) electrons. The van der Waals surface area contributed by atoms with Gasteiger partial charge in [0.2, 0.25) is 5.91 Å². The molecule has 2 saturated heterocycles. The van der Waals surface area contributed by atoms with Crippen LogP contribution in [-0.2, 0) is 23.9 Å². The zero-order valence-electron chi connectivity index (χ0n) is 22.2. The van der Waals surface area contributed by atoms with E-state index < -0.39 is 48.4 Å². The maximum Gasteiger partial charge on any atom is 0.414 e. The van der Waals surface area contributed by atoms with Crippen molar-refractivity contribution in [3.8, 4) is 0 Å². The molecular formula is C26H28ClFN4O8S. The van der Waals surface area contributed by atoms with Gasteiger partial charge in [0.1, 0.15) is 24.6 Å².